The Morgan fingerprint density at radius 3 is 3.04 bits per heavy atom. The molecule has 0 radical (unpaired) electrons. The van der Waals surface area contributed by atoms with Gasteiger partial charge in [0.05, 0.1) is 17.8 Å². The van der Waals surface area contributed by atoms with Crippen molar-refractivity contribution in [2.45, 2.75) is 17.5 Å². The molecule has 0 N–H and O–H groups in total. The molecule has 0 bridgehead atoms. The van der Waals surface area contributed by atoms with Crippen molar-refractivity contribution in [3.63, 3.8) is 0 Å². The molecule has 0 fully saturated rings. The molecule has 0 atom stereocenters. The number of non-ortho nitro benzene ring substituents is 1. The van der Waals surface area contributed by atoms with Gasteiger partial charge in [0.1, 0.15) is 5.75 Å². The Balaban J connectivity index is 1.60. The minimum Gasteiger partial charge on any atom is -0.467 e. The Bertz CT molecular complexity index is 954. The lowest BCUT2D eigenvalue weighted by molar-refractivity contribution is -0.385. The van der Waals surface area contributed by atoms with E-state index in [9.17, 15) is 10.1 Å². The zero-order valence-electron chi connectivity index (χ0n) is 13.7. The number of aromatic nitrogens is 3. The highest BCUT2D eigenvalue weighted by Crippen LogP contribution is 2.36. The summed E-state index contributed by atoms with van der Waals surface area (Å²) in [4.78, 5) is 10.8. The van der Waals surface area contributed by atoms with E-state index >= 15 is 0 Å². The third kappa shape index (κ3) is 3.04. The molecule has 0 unspecified atom stereocenters. The van der Waals surface area contributed by atoms with Gasteiger partial charge in [0.25, 0.3) is 5.69 Å². The van der Waals surface area contributed by atoms with Crippen LogP contribution >= 0.6 is 11.8 Å². The molecular weight excluding hydrogens is 360 g/mol. The zero-order chi connectivity index (χ0) is 18.1. The maximum Gasteiger partial charge on any atom is 0.270 e. The van der Waals surface area contributed by atoms with Crippen LogP contribution in [0.4, 0.5) is 5.69 Å². The highest BCUT2D eigenvalue weighted by molar-refractivity contribution is 7.98. The number of rotatable bonds is 5. The molecule has 3 aromatic rings. The van der Waals surface area contributed by atoms with E-state index < -0.39 is 4.92 Å². The lowest BCUT2D eigenvalue weighted by Gasteiger charge is -2.20. The first kappa shape index (κ1) is 16.6. The third-order valence-corrected chi connectivity index (χ3v) is 4.98. The predicted molar refractivity (Wildman–Crippen MR) is 91.6 cm³/mol. The predicted octanol–water partition coefficient (Wildman–Crippen LogP) is 3.14. The van der Waals surface area contributed by atoms with Crippen LogP contribution in [0.3, 0.4) is 0 Å². The first-order valence-corrected chi connectivity index (χ1v) is 8.69. The van der Waals surface area contributed by atoms with Gasteiger partial charge >= 0.3 is 0 Å². The first-order valence-electron chi connectivity index (χ1n) is 7.70. The summed E-state index contributed by atoms with van der Waals surface area (Å²) >= 11 is 1.42. The number of hydrogen-bond acceptors (Lipinski definition) is 8. The zero-order valence-corrected chi connectivity index (χ0v) is 14.6. The standard InChI is InChI=1S/C16H14N4O5S/c1-19-15(13-3-2-4-24-13)17-18-16(19)26-8-11-6-12(20(21)22)5-10-7-23-9-25-14(10)11/h2-6H,7-9H2,1H3. The van der Waals surface area contributed by atoms with Crippen molar-refractivity contribution in [2.24, 2.45) is 7.05 Å². The molecule has 26 heavy (non-hydrogen) atoms. The van der Waals surface area contributed by atoms with Crippen LogP contribution < -0.4 is 4.74 Å². The van der Waals surface area contributed by atoms with Crippen molar-refractivity contribution in [3.8, 4) is 17.3 Å². The molecule has 9 nitrogen and oxygen atoms in total. The van der Waals surface area contributed by atoms with Crippen LogP contribution in [0.15, 0.2) is 40.1 Å². The van der Waals surface area contributed by atoms with Crippen LogP contribution in [0.25, 0.3) is 11.6 Å². The Kier molecular flexibility index (Phi) is 4.35. The monoisotopic (exact) mass is 374 g/mol. The molecule has 4 rings (SSSR count). The van der Waals surface area contributed by atoms with Gasteiger partial charge in [-0.3, -0.25) is 10.1 Å². The van der Waals surface area contributed by atoms with E-state index in [1.165, 1.54) is 23.9 Å². The molecule has 134 valence electrons. The van der Waals surface area contributed by atoms with Crippen LogP contribution in [0.1, 0.15) is 11.1 Å². The van der Waals surface area contributed by atoms with Gasteiger partial charge < -0.3 is 18.5 Å². The molecule has 1 aliphatic heterocycles. The van der Waals surface area contributed by atoms with E-state index in [1.807, 2.05) is 17.7 Å². The summed E-state index contributed by atoms with van der Waals surface area (Å²) in [6.07, 6.45) is 1.58. The second-order valence-corrected chi connectivity index (χ2v) is 6.53. The molecular formula is C16H14N4O5S. The largest absolute Gasteiger partial charge is 0.467 e. The van der Waals surface area contributed by atoms with Gasteiger partial charge in [-0.05, 0) is 12.1 Å². The molecule has 0 amide bonds. The molecule has 0 spiro atoms. The van der Waals surface area contributed by atoms with Crippen LogP contribution in [-0.4, -0.2) is 26.5 Å². The van der Waals surface area contributed by atoms with Gasteiger partial charge in [-0.25, -0.2) is 0 Å². The summed E-state index contributed by atoms with van der Waals surface area (Å²) < 4.78 is 17.9. The normalized spacial score (nSPS) is 13.3. The minimum atomic E-state index is -0.416. The van der Waals surface area contributed by atoms with Crippen molar-refractivity contribution >= 4 is 17.4 Å². The number of thioether (sulfide) groups is 1. The number of benzene rings is 1. The fraction of sp³-hybridized carbons (Fsp3) is 0.250. The topological polar surface area (TPSA) is 105 Å². The highest BCUT2D eigenvalue weighted by atomic mass is 32.2. The van der Waals surface area contributed by atoms with E-state index in [0.29, 0.717) is 40.4 Å². The maximum atomic E-state index is 11.2. The molecule has 3 heterocycles. The fourth-order valence-electron chi connectivity index (χ4n) is 2.70. The number of nitrogens with zero attached hydrogens (tertiary/aromatic N) is 4. The summed E-state index contributed by atoms with van der Waals surface area (Å²) in [6, 6.07) is 6.61. The van der Waals surface area contributed by atoms with Gasteiger partial charge in [0.15, 0.2) is 23.5 Å². The first-order chi connectivity index (χ1) is 12.6. The number of nitro groups is 1. The summed E-state index contributed by atoms with van der Waals surface area (Å²) in [5.41, 5.74) is 1.42. The quantitative estimate of drug-likeness (QED) is 0.381. The van der Waals surface area contributed by atoms with Crippen molar-refractivity contribution in [1.82, 2.24) is 14.8 Å². The Hall–Kier alpha value is -2.85. The van der Waals surface area contributed by atoms with E-state index in [1.54, 1.807) is 12.3 Å². The fourth-order valence-corrected chi connectivity index (χ4v) is 3.57. The smallest absolute Gasteiger partial charge is 0.270 e. The van der Waals surface area contributed by atoms with Gasteiger partial charge in [-0.15, -0.1) is 10.2 Å². The molecule has 1 aliphatic rings. The molecule has 0 saturated carbocycles. The van der Waals surface area contributed by atoms with Gasteiger partial charge in [-0.1, -0.05) is 11.8 Å². The average Bonchev–Trinajstić information content (AvgIpc) is 3.29. The van der Waals surface area contributed by atoms with Crippen LogP contribution in [0.5, 0.6) is 5.75 Å². The van der Waals surface area contributed by atoms with Crippen LogP contribution in [-0.2, 0) is 24.1 Å². The Morgan fingerprint density at radius 2 is 2.27 bits per heavy atom. The van der Waals surface area contributed by atoms with Crippen LogP contribution in [0, 0.1) is 10.1 Å². The van der Waals surface area contributed by atoms with Crippen molar-refractivity contribution in [3.05, 3.63) is 51.8 Å². The van der Waals surface area contributed by atoms with Crippen molar-refractivity contribution < 1.29 is 18.8 Å². The number of fused-ring (bicyclic) bond motifs is 1. The van der Waals surface area contributed by atoms with Crippen molar-refractivity contribution in [2.75, 3.05) is 6.79 Å². The Labute approximate surface area is 152 Å². The molecule has 10 heteroatoms. The van der Waals surface area contributed by atoms with E-state index in [0.717, 1.165) is 5.56 Å². The number of nitro benzene ring substituents is 1. The number of hydrogen-bond donors (Lipinski definition) is 0. The second kappa shape index (κ2) is 6.81. The molecule has 2 aromatic heterocycles. The SMILES string of the molecule is Cn1c(SCc2cc([N+](=O)[O-])cc3c2OCOC3)nnc1-c1ccco1. The van der Waals surface area contributed by atoms with Crippen LogP contribution in [0.2, 0.25) is 0 Å². The average molecular weight is 374 g/mol. The summed E-state index contributed by atoms with van der Waals surface area (Å²) in [7, 11) is 1.84. The van der Waals surface area contributed by atoms with Crippen molar-refractivity contribution in [1.29, 1.82) is 0 Å². The highest BCUT2D eigenvalue weighted by Gasteiger charge is 2.22. The molecule has 0 aliphatic carbocycles. The lowest BCUT2D eigenvalue weighted by atomic mass is 10.1. The molecule has 0 saturated heterocycles. The van der Waals surface area contributed by atoms with Gasteiger partial charge in [-0.2, -0.15) is 0 Å². The van der Waals surface area contributed by atoms with E-state index in [-0.39, 0.29) is 12.5 Å². The number of furan rings is 1. The molecule has 1 aromatic carbocycles. The second-order valence-electron chi connectivity index (χ2n) is 5.59. The summed E-state index contributed by atoms with van der Waals surface area (Å²) in [5.74, 6) is 2.33. The lowest BCUT2D eigenvalue weighted by Crippen LogP contribution is -2.13. The van der Waals surface area contributed by atoms with E-state index in [4.69, 9.17) is 13.9 Å². The number of ether oxygens (including phenoxy) is 2. The van der Waals surface area contributed by atoms with E-state index in [2.05, 4.69) is 10.2 Å². The minimum absolute atomic E-state index is 0.0164. The van der Waals surface area contributed by atoms with Gasteiger partial charge in [0.2, 0.25) is 0 Å². The summed E-state index contributed by atoms with van der Waals surface area (Å²) in [6.45, 7) is 0.427. The summed E-state index contributed by atoms with van der Waals surface area (Å²) in [5, 5.41) is 20.2. The van der Waals surface area contributed by atoms with Gasteiger partial charge in [0, 0.05) is 36.1 Å². The third-order valence-electron chi connectivity index (χ3n) is 3.92. The Morgan fingerprint density at radius 1 is 1.38 bits per heavy atom. The maximum absolute atomic E-state index is 11.2.